The fraction of sp³-hybridized carbons (Fsp3) is 0.316. The second-order valence-electron chi connectivity index (χ2n) is 6.68. The number of anilines is 1. The van der Waals surface area contributed by atoms with Crippen molar-refractivity contribution in [3.05, 3.63) is 59.9 Å². The van der Waals surface area contributed by atoms with E-state index in [0.717, 1.165) is 14.8 Å². The van der Waals surface area contributed by atoms with E-state index >= 15 is 0 Å². The van der Waals surface area contributed by atoms with E-state index in [1.54, 1.807) is 31.2 Å². The van der Waals surface area contributed by atoms with Gasteiger partial charge in [-0.1, -0.05) is 18.2 Å². The number of benzene rings is 2. The highest BCUT2D eigenvalue weighted by Crippen LogP contribution is 2.18. The molecule has 0 aromatic heterocycles. The number of carbonyl (C=O) groups excluding carboxylic acids is 1. The molecule has 2 N–H and O–H groups in total. The van der Waals surface area contributed by atoms with Crippen molar-refractivity contribution >= 4 is 21.6 Å². The summed E-state index contributed by atoms with van der Waals surface area (Å²) in [4.78, 5) is 13.6. The van der Waals surface area contributed by atoms with Gasteiger partial charge in [-0.2, -0.15) is 0 Å². The topological polar surface area (TPSA) is 70.9 Å². The molecule has 0 heterocycles. The minimum Gasteiger partial charge on any atom is -0.324 e. The van der Waals surface area contributed by atoms with Gasteiger partial charge in [0.1, 0.15) is 12.4 Å². The van der Waals surface area contributed by atoms with E-state index in [-0.39, 0.29) is 22.7 Å². The molecule has 0 radical (unpaired) electrons. The van der Waals surface area contributed by atoms with E-state index < -0.39 is 10.0 Å². The molecular formula is C19H25FN3O3S+. The molecule has 0 bridgehead atoms. The SMILES string of the molecule is C[C@@H](C(=O)Nc1cccc(S(=O)(=O)N(C)C)c1)[NH+](C)Cc1ccc(F)cc1. The summed E-state index contributed by atoms with van der Waals surface area (Å²) >= 11 is 0. The van der Waals surface area contributed by atoms with E-state index in [1.807, 2.05) is 7.05 Å². The third-order valence-corrected chi connectivity index (χ3v) is 6.22. The van der Waals surface area contributed by atoms with Gasteiger partial charge in [0.15, 0.2) is 6.04 Å². The fourth-order valence-electron chi connectivity index (χ4n) is 2.50. The standard InChI is InChI=1S/C19H24FN3O3S/c1-14(23(4)13-15-8-10-16(20)11-9-15)19(24)21-17-6-5-7-18(12-17)27(25,26)22(2)3/h5-12,14H,13H2,1-4H3,(H,21,24)/p+1/t14-/m0/s1. The van der Waals surface area contributed by atoms with Crippen molar-refractivity contribution in [1.82, 2.24) is 4.31 Å². The summed E-state index contributed by atoms with van der Waals surface area (Å²) in [5.74, 6) is -0.524. The molecule has 0 aliphatic rings. The number of hydrogen-bond donors (Lipinski definition) is 2. The van der Waals surface area contributed by atoms with Crippen molar-refractivity contribution in [3.8, 4) is 0 Å². The third kappa shape index (κ3) is 5.35. The lowest BCUT2D eigenvalue weighted by Gasteiger charge is -2.21. The van der Waals surface area contributed by atoms with Crippen LogP contribution in [0.4, 0.5) is 10.1 Å². The van der Waals surface area contributed by atoms with Gasteiger partial charge in [-0.25, -0.2) is 17.1 Å². The van der Waals surface area contributed by atoms with Crippen LogP contribution in [-0.2, 0) is 21.4 Å². The van der Waals surface area contributed by atoms with Crippen LogP contribution in [0.15, 0.2) is 53.4 Å². The zero-order valence-corrected chi connectivity index (χ0v) is 16.7. The Kier molecular flexibility index (Phi) is 6.69. The van der Waals surface area contributed by atoms with Gasteiger partial charge in [0.2, 0.25) is 10.0 Å². The molecule has 0 aliphatic carbocycles. The summed E-state index contributed by atoms with van der Waals surface area (Å²) in [6, 6.07) is 12.0. The minimum atomic E-state index is -3.57. The number of amides is 1. The average Bonchev–Trinajstić information content (AvgIpc) is 2.63. The lowest BCUT2D eigenvalue weighted by Crippen LogP contribution is -3.12. The lowest BCUT2D eigenvalue weighted by atomic mass is 10.2. The van der Waals surface area contributed by atoms with Crippen LogP contribution < -0.4 is 10.2 Å². The first-order chi connectivity index (χ1) is 12.6. The van der Waals surface area contributed by atoms with E-state index in [0.29, 0.717) is 12.2 Å². The summed E-state index contributed by atoms with van der Waals surface area (Å²) in [5, 5.41) is 2.77. The Bertz CT molecular complexity index is 899. The second kappa shape index (κ2) is 8.60. The predicted molar refractivity (Wildman–Crippen MR) is 102 cm³/mol. The van der Waals surface area contributed by atoms with E-state index in [1.165, 1.54) is 38.4 Å². The molecule has 0 fully saturated rings. The highest BCUT2D eigenvalue weighted by molar-refractivity contribution is 7.89. The number of nitrogens with zero attached hydrogens (tertiary/aromatic N) is 1. The number of carbonyl (C=O) groups is 1. The number of nitrogens with one attached hydrogen (secondary N) is 2. The molecule has 0 spiro atoms. The van der Waals surface area contributed by atoms with Crippen molar-refractivity contribution in [2.45, 2.75) is 24.4 Å². The molecular weight excluding hydrogens is 369 g/mol. The molecule has 1 unspecified atom stereocenters. The molecule has 1 amide bonds. The molecule has 27 heavy (non-hydrogen) atoms. The third-order valence-electron chi connectivity index (χ3n) is 4.41. The largest absolute Gasteiger partial charge is 0.324 e. The maximum absolute atomic E-state index is 13.0. The first-order valence-electron chi connectivity index (χ1n) is 8.51. The van der Waals surface area contributed by atoms with Gasteiger partial charge in [-0.3, -0.25) is 4.79 Å². The van der Waals surface area contributed by atoms with Crippen LogP contribution in [0.25, 0.3) is 0 Å². The Balaban J connectivity index is 2.06. The Labute approximate surface area is 159 Å². The van der Waals surface area contributed by atoms with Crippen LogP contribution in [0.1, 0.15) is 12.5 Å². The highest BCUT2D eigenvalue weighted by atomic mass is 32.2. The number of quaternary nitrogens is 1. The van der Waals surface area contributed by atoms with Crippen LogP contribution in [0, 0.1) is 5.82 Å². The van der Waals surface area contributed by atoms with Crippen LogP contribution >= 0.6 is 0 Å². The first-order valence-corrected chi connectivity index (χ1v) is 9.95. The average molecular weight is 394 g/mol. The summed E-state index contributed by atoms with van der Waals surface area (Å²) in [5.41, 5.74) is 1.34. The van der Waals surface area contributed by atoms with Crippen LogP contribution in [0.2, 0.25) is 0 Å². The molecule has 6 nitrogen and oxygen atoms in total. The Morgan fingerprint density at radius 2 is 1.81 bits per heavy atom. The number of rotatable bonds is 7. The van der Waals surface area contributed by atoms with Gasteiger partial charge in [-0.05, 0) is 37.3 Å². The summed E-state index contributed by atoms with van der Waals surface area (Å²) in [6.07, 6.45) is 0. The van der Waals surface area contributed by atoms with E-state index in [4.69, 9.17) is 0 Å². The summed E-state index contributed by atoms with van der Waals surface area (Å²) < 4.78 is 38.6. The Morgan fingerprint density at radius 3 is 2.41 bits per heavy atom. The highest BCUT2D eigenvalue weighted by Gasteiger charge is 2.23. The van der Waals surface area contributed by atoms with Gasteiger partial charge in [0.05, 0.1) is 11.9 Å². The van der Waals surface area contributed by atoms with Crippen molar-refractivity contribution < 1.29 is 22.5 Å². The lowest BCUT2D eigenvalue weighted by molar-refractivity contribution is -0.907. The van der Waals surface area contributed by atoms with E-state index in [2.05, 4.69) is 5.32 Å². The molecule has 146 valence electrons. The second-order valence-corrected chi connectivity index (χ2v) is 8.83. The number of likely N-dealkylation sites (N-methyl/N-ethyl adjacent to an activating group) is 1. The van der Waals surface area contributed by atoms with Crippen LogP contribution in [0.5, 0.6) is 0 Å². The minimum absolute atomic E-state index is 0.116. The molecule has 8 heteroatoms. The van der Waals surface area contributed by atoms with Gasteiger partial charge in [0.25, 0.3) is 5.91 Å². The predicted octanol–water partition coefficient (Wildman–Crippen LogP) is 1.12. The van der Waals surface area contributed by atoms with Crippen molar-refractivity contribution in [2.75, 3.05) is 26.5 Å². The number of hydrogen-bond acceptors (Lipinski definition) is 3. The summed E-state index contributed by atoms with van der Waals surface area (Å²) in [6.45, 7) is 2.35. The first kappa shape index (κ1) is 21.0. The maximum Gasteiger partial charge on any atom is 0.282 e. The maximum atomic E-state index is 13.0. The normalized spacial score (nSPS) is 14.0. The van der Waals surface area contributed by atoms with Gasteiger partial charge >= 0.3 is 0 Å². The van der Waals surface area contributed by atoms with Gasteiger partial charge < -0.3 is 10.2 Å². The zero-order chi connectivity index (χ0) is 20.2. The molecule has 2 aromatic rings. The molecule has 0 aliphatic heterocycles. The quantitative estimate of drug-likeness (QED) is 0.739. The van der Waals surface area contributed by atoms with Crippen molar-refractivity contribution in [1.29, 1.82) is 0 Å². The van der Waals surface area contributed by atoms with Crippen molar-refractivity contribution in [2.24, 2.45) is 0 Å². The molecule has 2 rings (SSSR count). The number of sulfonamides is 1. The monoisotopic (exact) mass is 394 g/mol. The molecule has 2 atom stereocenters. The molecule has 2 aromatic carbocycles. The Hall–Kier alpha value is -2.29. The summed E-state index contributed by atoms with van der Waals surface area (Å²) in [7, 11) is 1.22. The Morgan fingerprint density at radius 1 is 1.19 bits per heavy atom. The smallest absolute Gasteiger partial charge is 0.282 e. The molecule has 0 saturated heterocycles. The van der Waals surface area contributed by atoms with Crippen LogP contribution in [0.3, 0.4) is 0 Å². The van der Waals surface area contributed by atoms with E-state index in [9.17, 15) is 17.6 Å². The van der Waals surface area contributed by atoms with Gasteiger partial charge in [0, 0.05) is 25.3 Å². The zero-order valence-electron chi connectivity index (χ0n) is 15.9. The van der Waals surface area contributed by atoms with Crippen LogP contribution in [-0.4, -0.2) is 45.8 Å². The number of halogens is 1. The van der Waals surface area contributed by atoms with Gasteiger partial charge in [-0.15, -0.1) is 0 Å². The van der Waals surface area contributed by atoms with Crippen molar-refractivity contribution in [3.63, 3.8) is 0 Å². The molecule has 0 saturated carbocycles. The fourth-order valence-corrected chi connectivity index (χ4v) is 3.44.